The van der Waals surface area contributed by atoms with Crippen molar-refractivity contribution >= 4 is 11.6 Å². The number of anilines is 1. The minimum atomic E-state index is -4.71. The number of nitrogens with one attached hydrogen (secondary N) is 3. The first kappa shape index (κ1) is 15.4. The standard InChI is InChI=1S/C13H16F3N3O2/c14-13(15,16)21-11-3-1-10(2-4-11)18-19-12(20)9-5-7-17-8-6-9/h1-4,9,17-18H,5-8H2,(H,19,20). The molecule has 0 aromatic heterocycles. The van der Waals surface area contributed by atoms with Crippen LogP contribution in [-0.2, 0) is 4.79 Å². The van der Waals surface area contributed by atoms with Crippen molar-refractivity contribution in [2.45, 2.75) is 19.2 Å². The van der Waals surface area contributed by atoms with Crippen LogP contribution in [0.4, 0.5) is 18.9 Å². The maximum atomic E-state index is 12.0. The minimum Gasteiger partial charge on any atom is -0.406 e. The van der Waals surface area contributed by atoms with Crippen LogP contribution in [0.5, 0.6) is 5.75 Å². The highest BCUT2D eigenvalue weighted by Gasteiger charge is 2.30. The van der Waals surface area contributed by atoms with Crippen LogP contribution >= 0.6 is 0 Å². The number of rotatable bonds is 4. The normalized spacial score (nSPS) is 16.3. The van der Waals surface area contributed by atoms with Crippen molar-refractivity contribution in [3.63, 3.8) is 0 Å². The summed E-state index contributed by atoms with van der Waals surface area (Å²) < 4.78 is 39.8. The smallest absolute Gasteiger partial charge is 0.406 e. The van der Waals surface area contributed by atoms with Gasteiger partial charge in [-0.25, -0.2) is 0 Å². The predicted octanol–water partition coefficient (Wildman–Crippen LogP) is 2.03. The van der Waals surface area contributed by atoms with E-state index in [4.69, 9.17) is 0 Å². The maximum absolute atomic E-state index is 12.0. The van der Waals surface area contributed by atoms with E-state index in [0.29, 0.717) is 5.69 Å². The molecule has 0 spiro atoms. The van der Waals surface area contributed by atoms with Gasteiger partial charge in [0.15, 0.2) is 0 Å². The SMILES string of the molecule is O=C(NNc1ccc(OC(F)(F)F)cc1)C1CCNCC1. The van der Waals surface area contributed by atoms with Gasteiger partial charge in [0.2, 0.25) is 5.91 Å². The molecule has 1 aliphatic heterocycles. The van der Waals surface area contributed by atoms with Crippen LogP contribution in [0.3, 0.4) is 0 Å². The second-order valence-corrected chi connectivity index (χ2v) is 4.71. The van der Waals surface area contributed by atoms with E-state index in [9.17, 15) is 18.0 Å². The van der Waals surface area contributed by atoms with Gasteiger partial charge in [0, 0.05) is 5.92 Å². The van der Waals surface area contributed by atoms with Crippen LogP contribution < -0.4 is 20.9 Å². The molecule has 0 atom stereocenters. The highest BCUT2D eigenvalue weighted by Crippen LogP contribution is 2.23. The monoisotopic (exact) mass is 303 g/mol. The number of hydrazine groups is 1. The van der Waals surface area contributed by atoms with Crippen LogP contribution in [-0.4, -0.2) is 25.4 Å². The Morgan fingerprint density at radius 1 is 1.19 bits per heavy atom. The number of carbonyl (C=O) groups is 1. The molecule has 2 rings (SSSR count). The molecule has 116 valence electrons. The van der Waals surface area contributed by atoms with Gasteiger partial charge >= 0.3 is 6.36 Å². The molecule has 0 unspecified atom stereocenters. The second-order valence-electron chi connectivity index (χ2n) is 4.71. The summed E-state index contributed by atoms with van der Waals surface area (Å²) >= 11 is 0. The van der Waals surface area contributed by atoms with Gasteiger partial charge in [-0.3, -0.25) is 15.6 Å². The summed E-state index contributed by atoms with van der Waals surface area (Å²) in [4.78, 5) is 11.9. The molecule has 1 saturated heterocycles. The first-order chi connectivity index (χ1) is 9.94. The van der Waals surface area contributed by atoms with Crippen molar-refractivity contribution in [1.82, 2.24) is 10.7 Å². The van der Waals surface area contributed by atoms with E-state index >= 15 is 0 Å². The molecule has 0 bridgehead atoms. The molecule has 1 aromatic rings. The summed E-state index contributed by atoms with van der Waals surface area (Å²) in [5.41, 5.74) is 5.71. The van der Waals surface area contributed by atoms with Crippen molar-refractivity contribution in [3.05, 3.63) is 24.3 Å². The lowest BCUT2D eigenvalue weighted by Gasteiger charge is -2.22. The zero-order valence-corrected chi connectivity index (χ0v) is 11.2. The largest absolute Gasteiger partial charge is 0.573 e. The number of piperidine rings is 1. The van der Waals surface area contributed by atoms with E-state index in [-0.39, 0.29) is 17.6 Å². The number of alkyl halides is 3. The van der Waals surface area contributed by atoms with Crippen LogP contribution in [0.1, 0.15) is 12.8 Å². The number of hydrogen-bond donors (Lipinski definition) is 3. The van der Waals surface area contributed by atoms with Crippen LogP contribution in [0, 0.1) is 5.92 Å². The second kappa shape index (κ2) is 6.66. The Bertz CT molecular complexity index is 471. The van der Waals surface area contributed by atoms with Crippen LogP contribution in [0.15, 0.2) is 24.3 Å². The predicted molar refractivity (Wildman–Crippen MR) is 70.5 cm³/mol. The molecule has 21 heavy (non-hydrogen) atoms. The molecule has 1 heterocycles. The van der Waals surface area contributed by atoms with Crippen molar-refractivity contribution in [3.8, 4) is 5.75 Å². The zero-order chi connectivity index (χ0) is 15.3. The van der Waals surface area contributed by atoms with E-state index in [1.165, 1.54) is 24.3 Å². The molecule has 5 nitrogen and oxygen atoms in total. The topological polar surface area (TPSA) is 62.4 Å². The highest BCUT2D eigenvalue weighted by atomic mass is 19.4. The quantitative estimate of drug-likeness (QED) is 0.745. The number of hydrogen-bond acceptors (Lipinski definition) is 4. The summed E-state index contributed by atoms with van der Waals surface area (Å²) in [6.07, 6.45) is -3.17. The third kappa shape index (κ3) is 5.14. The van der Waals surface area contributed by atoms with Gasteiger partial charge in [-0.15, -0.1) is 13.2 Å². The Balaban J connectivity index is 1.81. The van der Waals surface area contributed by atoms with Gasteiger partial charge in [0.25, 0.3) is 0 Å². The van der Waals surface area contributed by atoms with E-state index in [1.54, 1.807) is 0 Å². The molecule has 3 N–H and O–H groups in total. The van der Waals surface area contributed by atoms with E-state index in [1.807, 2.05) is 0 Å². The Labute approximate surface area is 119 Å². The van der Waals surface area contributed by atoms with E-state index in [2.05, 4.69) is 20.9 Å². The molecular formula is C13H16F3N3O2. The summed E-state index contributed by atoms with van der Waals surface area (Å²) in [6, 6.07) is 5.13. The lowest BCUT2D eigenvalue weighted by Crippen LogP contribution is -2.40. The van der Waals surface area contributed by atoms with Crippen LogP contribution in [0.25, 0.3) is 0 Å². The number of ether oxygens (including phenoxy) is 1. The Morgan fingerprint density at radius 3 is 2.38 bits per heavy atom. The third-order valence-electron chi connectivity index (χ3n) is 3.13. The van der Waals surface area contributed by atoms with Gasteiger partial charge in [0.1, 0.15) is 5.75 Å². The van der Waals surface area contributed by atoms with Gasteiger partial charge in [0.05, 0.1) is 5.69 Å². The Morgan fingerprint density at radius 2 is 1.81 bits per heavy atom. The van der Waals surface area contributed by atoms with Crippen molar-refractivity contribution in [2.75, 3.05) is 18.5 Å². The van der Waals surface area contributed by atoms with Gasteiger partial charge < -0.3 is 10.1 Å². The number of carbonyl (C=O) groups excluding carboxylic acids is 1. The molecule has 1 aliphatic rings. The fourth-order valence-corrected chi connectivity index (χ4v) is 2.06. The maximum Gasteiger partial charge on any atom is 0.573 e. The fourth-order valence-electron chi connectivity index (χ4n) is 2.06. The average Bonchev–Trinajstić information content (AvgIpc) is 2.45. The minimum absolute atomic E-state index is 0.0495. The molecule has 1 fully saturated rings. The molecule has 0 saturated carbocycles. The van der Waals surface area contributed by atoms with E-state index in [0.717, 1.165) is 25.9 Å². The summed E-state index contributed by atoms with van der Waals surface area (Å²) in [6.45, 7) is 1.61. The van der Waals surface area contributed by atoms with Crippen LogP contribution in [0.2, 0.25) is 0 Å². The Kier molecular flexibility index (Phi) is 4.89. The van der Waals surface area contributed by atoms with Crippen molar-refractivity contribution in [2.24, 2.45) is 5.92 Å². The van der Waals surface area contributed by atoms with E-state index < -0.39 is 6.36 Å². The number of amides is 1. The first-order valence-electron chi connectivity index (χ1n) is 6.56. The lowest BCUT2D eigenvalue weighted by atomic mass is 9.98. The van der Waals surface area contributed by atoms with Gasteiger partial charge in [-0.1, -0.05) is 0 Å². The summed E-state index contributed by atoms with van der Waals surface area (Å²) in [5, 5.41) is 3.16. The number of halogens is 3. The van der Waals surface area contributed by atoms with Crippen molar-refractivity contribution < 1.29 is 22.7 Å². The summed E-state index contributed by atoms with van der Waals surface area (Å²) in [7, 11) is 0. The lowest BCUT2D eigenvalue weighted by molar-refractivity contribution is -0.274. The Hall–Kier alpha value is -1.96. The molecule has 8 heteroatoms. The number of benzene rings is 1. The van der Waals surface area contributed by atoms with Crippen molar-refractivity contribution in [1.29, 1.82) is 0 Å². The molecule has 1 amide bonds. The fraction of sp³-hybridized carbons (Fsp3) is 0.462. The molecule has 0 aliphatic carbocycles. The third-order valence-corrected chi connectivity index (χ3v) is 3.13. The zero-order valence-electron chi connectivity index (χ0n) is 11.2. The first-order valence-corrected chi connectivity index (χ1v) is 6.56. The van der Waals surface area contributed by atoms with Gasteiger partial charge in [-0.2, -0.15) is 0 Å². The molecule has 1 aromatic carbocycles. The summed E-state index contributed by atoms with van der Waals surface area (Å²) in [5.74, 6) is -0.476. The molecule has 0 radical (unpaired) electrons. The highest BCUT2D eigenvalue weighted by molar-refractivity contribution is 5.80. The average molecular weight is 303 g/mol. The van der Waals surface area contributed by atoms with Gasteiger partial charge in [-0.05, 0) is 50.2 Å². The molecular weight excluding hydrogens is 287 g/mol.